The second kappa shape index (κ2) is 6.13. The number of oxime groups is 1. The van der Waals surface area contributed by atoms with E-state index in [1.54, 1.807) is 7.11 Å². The van der Waals surface area contributed by atoms with Gasteiger partial charge in [-0.25, -0.2) is 0 Å². The molecule has 0 saturated heterocycles. The summed E-state index contributed by atoms with van der Waals surface area (Å²) in [6, 6.07) is 5.76. The van der Waals surface area contributed by atoms with Crippen molar-refractivity contribution in [3.63, 3.8) is 0 Å². The number of rotatable bonds is 6. The minimum Gasteiger partial charge on any atom is -0.496 e. The zero-order chi connectivity index (χ0) is 14.7. The fourth-order valence-electron chi connectivity index (χ4n) is 2.53. The first-order valence-electron chi connectivity index (χ1n) is 6.88. The van der Waals surface area contributed by atoms with E-state index in [0.717, 1.165) is 30.5 Å². The third kappa shape index (κ3) is 3.42. The van der Waals surface area contributed by atoms with E-state index in [0.29, 0.717) is 11.3 Å². The summed E-state index contributed by atoms with van der Waals surface area (Å²) >= 11 is 0. The highest BCUT2D eigenvalue weighted by molar-refractivity contribution is 5.99. The van der Waals surface area contributed by atoms with Crippen LogP contribution in [0.5, 0.6) is 5.75 Å². The van der Waals surface area contributed by atoms with Gasteiger partial charge < -0.3 is 20.6 Å². The molecule has 2 rings (SSSR count). The average molecular weight is 277 g/mol. The van der Waals surface area contributed by atoms with E-state index in [9.17, 15) is 0 Å². The molecule has 3 N–H and O–H groups in total. The fraction of sp³-hybridized carbons (Fsp3) is 0.533. The van der Waals surface area contributed by atoms with Crippen molar-refractivity contribution in [1.82, 2.24) is 4.90 Å². The standard InChI is InChI=1S/C15H23N3O2/c1-10-6-12(10)9-18(2)8-11-4-5-13(15(16)17-19)14(7-11)20-3/h4-5,7,10,12,19H,6,8-9H2,1-3H3,(H2,16,17). The number of amidine groups is 1. The number of nitrogens with two attached hydrogens (primary N) is 1. The van der Waals surface area contributed by atoms with Gasteiger partial charge in [-0.3, -0.25) is 0 Å². The molecule has 0 aromatic heterocycles. The summed E-state index contributed by atoms with van der Waals surface area (Å²) in [5.74, 6) is 2.41. The Labute approximate surface area is 120 Å². The predicted octanol–water partition coefficient (Wildman–Crippen LogP) is 1.88. The van der Waals surface area contributed by atoms with E-state index in [1.165, 1.54) is 6.42 Å². The van der Waals surface area contributed by atoms with Gasteiger partial charge in [0, 0.05) is 13.1 Å². The van der Waals surface area contributed by atoms with Crippen molar-refractivity contribution in [2.45, 2.75) is 19.9 Å². The van der Waals surface area contributed by atoms with Gasteiger partial charge in [0.1, 0.15) is 5.75 Å². The highest BCUT2D eigenvalue weighted by Crippen LogP contribution is 2.38. The summed E-state index contributed by atoms with van der Waals surface area (Å²) in [4.78, 5) is 2.33. The lowest BCUT2D eigenvalue weighted by molar-refractivity contribution is 0.307. The SMILES string of the molecule is COc1cc(CN(C)CC2CC2C)ccc1/C(N)=N/O. The quantitative estimate of drug-likeness (QED) is 0.360. The molecule has 1 aliphatic rings. The first-order valence-corrected chi connectivity index (χ1v) is 6.88. The zero-order valence-electron chi connectivity index (χ0n) is 12.3. The zero-order valence-corrected chi connectivity index (χ0v) is 12.3. The molecule has 5 heteroatoms. The summed E-state index contributed by atoms with van der Waals surface area (Å²) in [6.07, 6.45) is 1.34. The number of benzene rings is 1. The van der Waals surface area contributed by atoms with E-state index in [2.05, 4.69) is 24.0 Å². The van der Waals surface area contributed by atoms with Crippen molar-refractivity contribution in [3.05, 3.63) is 29.3 Å². The average Bonchev–Trinajstić information content (AvgIpc) is 3.12. The summed E-state index contributed by atoms with van der Waals surface area (Å²) in [7, 11) is 3.72. The Kier molecular flexibility index (Phi) is 4.49. The Morgan fingerprint density at radius 1 is 1.55 bits per heavy atom. The van der Waals surface area contributed by atoms with Gasteiger partial charge >= 0.3 is 0 Å². The van der Waals surface area contributed by atoms with Gasteiger partial charge in [-0.1, -0.05) is 18.1 Å². The molecule has 2 atom stereocenters. The van der Waals surface area contributed by atoms with Crippen LogP contribution >= 0.6 is 0 Å². The molecule has 0 aliphatic heterocycles. The highest BCUT2D eigenvalue weighted by Gasteiger charge is 2.32. The van der Waals surface area contributed by atoms with E-state index in [1.807, 2.05) is 18.2 Å². The van der Waals surface area contributed by atoms with E-state index >= 15 is 0 Å². The van der Waals surface area contributed by atoms with Crippen LogP contribution in [0.3, 0.4) is 0 Å². The van der Waals surface area contributed by atoms with Gasteiger partial charge in [-0.2, -0.15) is 0 Å². The molecule has 1 saturated carbocycles. The van der Waals surface area contributed by atoms with Crippen LogP contribution < -0.4 is 10.5 Å². The van der Waals surface area contributed by atoms with Gasteiger partial charge in [-0.15, -0.1) is 0 Å². The number of ether oxygens (including phenoxy) is 1. The second-order valence-electron chi connectivity index (χ2n) is 5.69. The van der Waals surface area contributed by atoms with Crippen LogP contribution in [0.2, 0.25) is 0 Å². The largest absolute Gasteiger partial charge is 0.496 e. The number of nitrogens with zero attached hydrogens (tertiary/aromatic N) is 2. The molecule has 1 aromatic rings. The van der Waals surface area contributed by atoms with Gasteiger partial charge in [0.25, 0.3) is 0 Å². The Bertz CT molecular complexity index is 502. The Balaban J connectivity index is 2.05. The van der Waals surface area contributed by atoms with E-state index < -0.39 is 0 Å². The smallest absolute Gasteiger partial charge is 0.173 e. The molecule has 0 heterocycles. The maximum Gasteiger partial charge on any atom is 0.173 e. The first kappa shape index (κ1) is 14.7. The van der Waals surface area contributed by atoms with Crippen LogP contribution in [-0.4, -0.2) is 36.6 Å². The van der Waals surface area contributed by atoms with Crippen molar-refractivity contribution < 1.29 is 9.94 Å². The molecule has 0 amide bonds. The van der Waals surface area contributed by atoms with Crippen LogP contribution in [0.4, 0.5) is 0 Å². The summed E-state index contributed by atoms with van der Waals surface area (Å²) in [5.41, 5.74) is 7.39. The Hall–Kier alpha value is -1.75. The van der Waals surface area contributed by atoms with Crippen molar-refractivity contribution in [3.8, 4) is 5.75 Å². The third-order valence-electron chi connectivity index (χ3n) is 3.92. The van der Waals surface area contributed by atoms with Crippen molar-refractivity contribution in [1.29, 1.82) is 0 Å². The fourth-order valence-corrected chi connectivity index (χ4v) is 2.53. The molecule has 2 unspecified atom stereocenters. The van der Waals surface area contributed by atoms with E-state index in [-0.39, 0.29) is 5.84 Å². The molecule has 20 heavy (non-hydrogen) atoms. The molecule has 0 bridgehead atoms. The molecular weight excluding hydrogens is 254 g/mol. The third-order valence-corrected chi connectivity index (χ3v) is 3.92. The van der Waals surface area contributed by atoms with Gasteiger partial charge in [0.15, 0.2) is 5.84 Å². The lowest BCUT2D eigenvalue weighted by Gasteiger charge is -2.17. The lowest BCUT2D eigenvalue weighted by Crippen LogP contribution is -2.21. The molecule has 1 aliphatic carbocycles. The maximum atomic E-state index is 8.75. The topological polar surface area (TPSA) is 71.1 Å². The predicted molar refractivity (Wildman–Crippen MR) is 79.1 cm³/mol. The monoisotopic (exact) mass is 277 g/mol. The van der Waals surface area contributed by atoms with E-state index in [4.69, 9.17) is 15.7 Å². The molecular formula is C15H23N3O2. The van der Waals surface area contributed by atoms with Crippen LogP contribution in [0.15, 0.2) is 23.4 Å². The minimum absolute atomic E-state index is 0.0635. The highest BCUT2D eigenvalue weighted by atomic mass is 16.5. The first-order chi connectivity index (χ1) is 9.55. The van der Waals surface area contributed by atoms with Crippen LogP contribution in [0.25, 0.3) is 0 Å². The Morgan fingerprint density at radius 3 is 2.80 bits per heavy atom. The maximum absolute atomic E-state index is 8.75. The normalized spacial score (nSPS) is 22.1. The number of hydrogen-bond acceptors (Lipinski definition) is 4. The second-order valence-corrected chi connectivity index (χ2v) is 5.69. The summed E-state index contributed by atoms with van der Waals surface area (Å²) in [6.45, 7) is 4.30. The summed E-state index contributed by atoms with van der Waals surface area (Å²) < 4.78 is 5.31. The van der Waals surface area contributed by atoms with Crippen LogP contribution in [0, 0.1) is 11.8 Å². The van der Waals surface area contributed by atoms with Crippen LogP contribution in [0.1, 0.15) is 24.5 Å². The number of methoxy groups -OCH3 is 1. The van der Waals surface area contributed by atoms with Gasteiger partial charge in [-0.05, 0) is 43.0 Å². The molecule has 1 fully saturated rings. The van der Waals surface area contributed by atoms with Crippen molar-refractivity contribution in [2.24, 2.45) is 22.7 Å². The number of hydrogen-bond donors (Lipinski definition) is 2. The summed E-state index contributed by atoms with van der Waals surface area (Å²) in [5, 5.41) is 11.8. The Morgan fingerprint density at radius 2 is 2.25 bits per heavy atom. The van der Waals surface area contributed by atoms with Gasteiger partial charge in [0.2, 0.25) is 0 Å². The van der Waals surface area contributed by atoms with Crippen molar-refractivity contribution in [2.75, 3.05) is 20.7 Å². The minimum atomic E-state index is 0.0635. The molecule has 110 valence electrons. The van der Waals surface area contributed by atoms with Gasteiger partial charge in [0.05, 0.1) is 12.7 Å². The van der Waals surface area contributed by atoms with Crippen LogP contribution in [-0.2, 0) is 6.54 Å². The lowest BCUT2D eigenvalue weighted by atomic mass is 10.1. The molecule has 1 aromatic carbocycles. The van der Waals surface area contributed by atoms with Crippen molar-refractivity contribution >= 4 is 5.84 Å². The molecule has 0 spiro atoms. The molecule has 0 radical (unpaired) electrons. The molecule has 5 nitrogen and oxygen atoms in total.